The molecule has 2 N–H and O–H groups in total. The van der Waals surface area contributed by atoms with Crippen LogP contribution in [0.25, 0.3) is 0 Å². The van der Waals surface area contributed by atoms with Gasteiger partial charge >= 0.3 is 0 Å². The Morgan fingerprint density at radius 1 is 1.35 bits per heavy atom. The molecule has 1 aromatic rings. The number of likely N-dealkylation sites (tertiary alicyclic amines) is 1. The van der Waals surface area contributed by atoms with Gasteiger partial charge in [0.2, 0.25) is 5.91 Å². The minimum atomic E-state index is -0.276. The predicted octanol–water partition coefficient (Wildman–Crippen LogP) is 2.49. The molecule has 0 saturated carbocycles. The summed E-state index contributed by atoms with van der Waals surface area (Å²) in [6.45, 7) is 5.31. The third-order valence-electron chi connectivity index (χ3n) is 4.52. The smallest absolute Gasteiger partial charge is 0.234 e. The minimum absolute atomic E-state index is 0.0478. The van der Waals surface area contributed by atoms with Crippen LogP contribution in [0.2, 0.25) is 0 Å². The summed E-state index contributed by atoms with van der Waals surface area (Å²) in [5.41, 5.74) is 0.909. The molecule has 0 bridgehead atoms. The molecule has 0 aromatic heterocycles. The monoisotopic (exact) mass is 322 g/mol. The van der Waals surface area contributed by atoms with E-state index >= 15 is 0 Å². The first-order valence-corrected chi connectivity index (χ1v) is 8.41. The van der Waals surface area contributed by atoms with Crippen LogP contribution >= 0.6 is 0 Å². The molecule has 1 aliphatic heterocycles. The van der Waals surface area contributed by atoms with Crippen LogP contribution in [0.5, 0.6) is 0 Å². The number of halogens is 1. The summed E-state index contributed by atoms with van der Waals surface area (Å²) in [5, 5.41) is 12.5. The van der Waals surface area contributed by atoms with E-state index in [-0.39, 0.29) is 36.3 Å². The summed E-state index contributed by atoms with van der Waals surface area (Å²) in [5.74, 6) is -0.116. The maximum atomic E-state index is 13.1. The topological polar surface area (TPSA) is 52.6 Å². The molecule has 23 heavy (non-hydrogen) atoms. The summed E-state index contributed by atoms with van der Waals surface area (Å²) in [6, 6.07) is 6.22. The molecule has 5 heteroatoms. The van der Waals surface area contributed by atoms with Gasteiger partial charge in [-0.3, -0.25) is 9.69 Å². The fourth-order valence-corrected chi connectivity index (χ4v) is 3.18. The number of benzene rings is 1. The zero-order chi connectivity index (χ0) is 16.8. The number of carbonyl (C=O) groups excluding carboxylic acids is 1. The second-order valence-corrected chi connectivity index (χ2v) is 6.64. The fraction of sp³-hybridized carbons (Fsp3) is 0.611. The zero-order valence-corrected chi connectivity index (χ0v) is 14.0. The van der Waals surface area contributed by atoms with Crippen molar-refractivity contribution < 1.29 is 14.3 Å². The highest BCUT2D eigenvalue weighted by atomic mass is 19.1. The number of rotatable bonds is 6. The molecule has 1 saturated heterocycles. The third-order valence-corrected chi connectivity index (χ3v) is 4.52. The Labute approximate surface area is 137 Å². The Morgan fingerprint density at radius 2 is 2.04 bits per heavy atom. The average molecular weight is 322 g/mol. The number of amides is 1. The van der Waals surface area contributed by atoms with Gasteiger partial charge < -0.3 is 10.4 Å². The number of hydrogen-bond donors (Lipinski definition) is 2. The number of nitrogens with one attached hydrogen (secondary N) is 1. The highest BCUT2D eigenvalue weighted by Crippen LogP contribution is 2.22. The lowest BCUT2D eigenvalue weighted by molar-refractivity contribution is -0.124. The van der Waals surface area contributed by atoms with Crippen LogP contribution in [0.1, 0.15) is 44.7 Å². The lowest BCUT2D eigenvalue weighted by atomic mass is 9.96. The molecule has 0 radical (unpaired) electrons. The van der Waals surface area contributed by atoms with Crippen LogP contribution in [0.15, 0.2) is 24.3 Å². The molecular weight excluding hydrogens is 295 g/mol. The second-order valence-electron chi connectivity index (χ2n) is 6.64. The molecule has 1 unspecified atom stereocenters. The van der Waals surface area contributed by atoms with Crippen molar-refractivity contribution in [2.24, 2.45) is 5.92 Å². The van der Waals surface area contributed by atoms with E-state index in [1.807, 2.05) is 13.8 Å². The maximum Gasteiger partial charge on any atom is 0.234 e. The van der Waals surface area contributed by atoms with Gasteiger partial charge in [-0.1, -0.05) is 32.4 Å². The first-order chi connectivity index (χ1) is 11.0. The Bertz CT molecular complexity index is 504. The molecule has 0 aliphatic carbocycles. The third kappa shape index (κ3) is 5.01. The first kappa shape index (κ1) is 17.9. The van der Waals surface area contributed by atoms with Gasteiger partial charge in [0.1, 0.15) is 5.82 Å². The Hall–Kier alpha value is -1.46. The van der Waals surface area contributed by atoms with Crippen LogP contribution in [0, 0.1) is 11.7 Å². The van der Waals surface area contributed by atoms with Crippen LogP contribution < -0.4 is 5.32 Å². The summed E-state index contributed by atoms with van der Waals surface area (Å²) in [6.07, 6.45) is 3.11. The van der Waals surface area contributed by atoms with Crippen molar-refractivity contribution in [1.29, 1.82) is 0 Å². The highest BCUT2D eigenvalue weighted by molar-refractivity contribution is 5.78. The van der Waals surface area contributed by atoms with Crippen molar-refractivity contribution in [2.75, 3.05) is 19.7 Å². The molecular formula is C18H27FN2O2. The largest absolute Gasteiger partial charge is 0.395 e. The summed E-state index contributed by atoms with van der Waals surface area (Å²) >= 11 is 0. The van der Waals surface area contributed by atoms with E-state index in [2.05, 4.69) is 10.2 Å². The van der Waals surface area contributed by atoms with E-state index in [4.69, 9.17) is 0 Å². The molecule has 2 rings (SSSR count). The summed E-state index contributed by atoms with van der Waals surface area (Å²) < 4.78 is 13.1. The van der Waals surface area contributed by atoms with E-state index in [1.165, 1.54) is 12.1 Å². The first-order valence-electron chi connectivity index (χ1n) is 8.41. The van der Waals surface area contributed by atoms with Gasteiger partial charge in [-0.2, -0.15) is 0 Å². The van der Waals surface area contributed by atoms with Crippen molar-refractivity contribution in [1.82, 2.24) is 10.2 Å². The molecule has 1 fully saturated rings. The number of aliphatic hydroxyl groups is 1. The number of hydrogen-bond acceptors (Lipinski definition) is 3. The van der Waals surface area contributed by atoms with Crippen molar-refractivity contribution >= 4 is 5.91 Å². The Kier molecular flexibility index (Phi) is 6.54. The second kappa shape index (κ2) is 8.41. The van der Waals surface area contributed by atoms with Crippen molar-refractivity contribution in [2.45, 2.75) is 45.2 Å². The van der Waals surface area contributed by atoms with Gasteiger partial charge in [0.05, 0.1) is 19.2 Å². The molecule has 1 aromatic carbocycles. The van der Waals surface area contributed by atoms with Crippen LogP contribution in [-0.2, 0) is 4.79 Å². The van der Waals surface area contributed by atoms with E-state index in [1.54, 1.807) is 12.1 Å². The number of carbonyl (C=O) groups is 1. The van der Waals surface area contributed by atoms with E-state index in [9.17, 15) is 14.3 Å². The molecule has 4 nitrogen and oxygen atoms in total. The van der Waals surface area contributed by atoms with Gasteiger partial charge in [-0.25, -0.2) is 4.39 Å². The normalized spacial score (nSPS) is 20.5. The number of piperidine rings is 1. The van der Waals surface area contributed by atoms with Crippen LogP contribution in [0.3, 0.4) is 0 Å². The van der Waals surface area contributed by atoms with E-state index in [0.29, 0.717) is 6.54 Å². The van der Waals surface area contributed by atoms with Gasteiger partial charge in [0.25, 0.3) is 0 Å². The standard InChI is InChI=1S/C18H27FN2O2/c1-13(2)18(14-6-8-15(19)9-7-14)20-17(23)11-21-10-4-3-5-16(21)12-22/h6-9,13,16,18,22H,3-5,10-12H2,1-2H3,(H,20,23)/t16-,18?/m1/s1. The summed E-state index contributed by atoms with van der Waals surface area (Å²) in [4.78, 5) is 14.5. The Morgan fingerprint density at radius 3 is 2.65 bits per heavy atom. The fourth-order valence-electron chi connectivity index (χ4n) is 3.18. The number of aliphatic hydroxyl groups excluding tert-OH is 1. The molecule has 0 spiro atoms. The molecule has 2 atom stereocenters. The van der Waals surface area contributed by atoms with Gasteiger partial charge in [-0.15, -0.1) is 0 Å². The molecule has 128 valence electrons. The van der Waals surface area contributed by atoms with E-state index < -0.39 is 0 Å². The van der Waals surface area contributed by atoms with Gasteiger partial charge in [0.15, 0.2) is 0 Å². The quantitative estimate of drug-likeness (QED) is 0.846. The molecule has 1 amide bonds. The number of nitrogens with zero attached hydrogens (tertiary/aromatic N) is 1. The van der Waals surface area contributed by atoms with Crippen molar-refractivity contribution in [3.8, 4) is 0 Å². The molecule has 1 heterocycles. The highest BCUT2D eigenvalue weighted by Gasteiger charge is 2.25. The average Bonchev–Trinajstić information content (AvgIpc) is 2.54. The summed E-state index contributed by atoms with van der Waals surface area (Å²) in [7, 11) is 0. The van der Waals surface area contributed by atoms with Crippen molar-refractivity contribution in [3.63, 3.8) is 0 Å². The zero-order valence-electron chi connectivity index (χ0n) is 14.0. The maximum absolute atomic E-state index is 13.1. The van der Waals surface area contributed by atoms with Gasteiger partial charge in [0, 0.05) is 6.04 Å². The molecule has 1 aliphatic rings. The van der Waals surface area contributed by atoms with E-state index in [0.717, 1.165) is 31.4 Å². The lowest BCUT2D eigenvalue weighted by Crippen LogP contribution is -2.48. The van der Waals surface area contributed by atoms with Crippen LogP contribution in [-0.4, -0.2) is 41.7 Å². The predicted molar refractivity (Wildman–Crippen MR) is 88.4 cm³/mol. The minimum Gasteiger partial charge on any atom is -0.395 e. The Balaban J connectivity index is 1.99. The van der Waals surface area contributed by atoms with Gasteiger partial charge in [-0.05, 0) is 43.0 Å². The lowest BCUT2D eigenvalue weighted by Gasteiger charge is -2.34. The van der Waals surface area contributed by atoms with Crippen molar-refractivity contribution in [3.05, 3.63) is 35.6 Å². The SMILES string of the molecule is CC(C)C(NC(=O)CN1CCCC[C@@H]1CO)c1ccc(F)cc1. The van der Waals surface area contributed by atoms with Crippen LogP contribution in [0.4, 0.5) is 4.39 Å².